The lowest BCUT2D eigenvalue weighted by Crippen LogP contribution is -2.54. The van der Waals surface area contributed by atoms with Gasteiger partial charge >= 0.3 is 0 Å². The number of carbonyl (C=O) groups excluding carboxylic acids is 1. The molecule has 3 heterocycles. The molecule has 46 heavy (non-hydrogen) atoms. The van der Waals surface area contributed by atoms with Crippen molar-refractivity contribution in [1.29, 1.82) is 0 Å². The predicted octanol–water partition coefficient (Wildman–Crippen LogP) is 6.34. The Labute approximate surface area is 280 Å². The first-order chi connectivity index (χ1) is 22.1. The summed E-state index contributed by atoms with van der Waals surface area (Å²) >= 11 is 4.89. The minimum Gasteiger partial charge on any atom is -0.455 e. The van der Waals surface area contributed by atoms with E-state index in [2.05, 4.69) is 20.8 Å². The summed E-state index contributed by atoms with van der Waals surface area (Å²) < 4.78 is 37.0. The summed E-state index contributed by atoms with van der Waals surface area (Å²) in [4.78, 5) is 18.0. The summed E-state index contributed by atoms with van der Waals surface area (Å²) in [6.07, 6.45) is -1.33. The van der Waals surface area contributed by atoms with Gasteiger partial charge < -0.3 is 24.4 Å². The molecule has 240 valence electrons. The van der Waals surface area contributed by atoms with Crippen LogP contribution in [-0.4, -0.2) is 61.7 Å². The van der Waals surface area contributed by atoms with Crippen LogP contribution in [0.4, 0.5) is 11.4 Å². The zero-order valence-corrected chi connectivity index (χ0v) is 28.6. The molecule has 0 radical (unpaired) electrons. The first kappa shape index (κ1) is 32.3. The van der Waals surface area contributed by atoms with Gasteiger partial charge in [-0.2, -0.15) is 0 Å². The summed E-state index contributed by atoms with van der Waals surface area (Å²) in [7, 11) is -4.11. The van der Waals surface area contributed by atoms with Crippen LogP contribution in [-0.2, 0) is 16.4 Å². The number of piperazine rings is 1. The molecule has 0 saturated carbocycles. The lowest BCUT2D eigenvalue weighted by Gasteiger charge is -2.42. The quantitative estimate of drug-likeness (QED) is 0.171. The molecule has 2 N–H and O–H groups in total. The number of amides is 1. The molecule has 1 aliphatic rings. The molecule has 0 unspecified atom stereocenters. The van der Waals surface area contributed by atoms with Crippen molar-refractivity contribution in [3.8, 4) is 0 Å². The molecule has 0 aliphatic carbocycles. The highest BCUT2D eigenvalue weighted by Crippen LogP contribution is 2.37. The number of halogens is 1. The topological polar surface area (TPSA) is 115 Å². The molecule has 9 nitrogen and oxygen atoms in total. The number of aliphatic hydroxyl groups excluding tert-OH is 1. The number of anilines is 2. The molecule has 3 aromatic carbocycles. The van der Waals surface area contributed by atoms with Gasteiger partial charge in [0.2, 0.25) is 6.29 Å². The van der Waals surface area contributed by atoms with E-state index in [0.717, 1.165) is 15.7 Å². The van der Waals surface area contributed by atoms with Gasteiger partial charge in [-0.15, -0.1) is 11.3 Å². The third-order valence-electron chi connectivity index (χ3n) is 8.40. The van der Waals surface area contributed by atoms with Gasteiger partial charge in [-0.05, 0) is 83.5 Å². The standard InChI is InChI=1S/C34H34BrN3O6S2/c1-22-21-36(33(39)32-27(35)15-19-45-32)17-18-37(22)28-10-6-7-11-29(28)38(16-14-24-8-4-3-5-9-24)46(42,43)25-12-13-30-26(20-25)23(2)31(44-30)34(40)41/h3-13,15,19-20,22,34,40-41H,14,16-18,21H2,1-2H3/t22-/m0/s1. The molecule has 1 fully saturated rings. The molecule has 2 aromatic heterocycles. The Bertz CT molecular complexity index is 1980. The monoisotopic (exact) mass is 723 g/mol. The summed E-state index contributed by atoms with van der Waals surface area (Å²) in [6, 6.07) is 23.6. The van der Waals surface area contributed by atoms with E-state index in [-0.39, 0.29) is 29.1 Å². The maximum Gasteiger partial charge on any atom is 0.265 e. The van der Waals surface area contributed by atoms with Crippen LogP contribution in [0.5, 0.6) is 0 Å². The van der Waals surface area contributed by atoms with Crippen molar-refractivity contribution in [3.05, 3.63) is 110 Å². The second-order valence-electron chi connectivity index (χ2n) is 11.3. The van der Waals surface area contributed by atoms with Gasteiger partial charge in [-0.3, -0.25) is 9.10 Å². The number of benzene rings is 3. The number of carbonyl (C=O) groups is 1. The molecule has 1 atom stereocenters. The second kappa shape index (κ2) is 13.2. The molecule has 0 spiro atoms. The second-order valence-corrected chi connectivity index (χ2v) is 14.9. The van der Waals surface area contributed by atoms with E-state index < -0.39 is 16.3 Å². The van der Waals surface area contributed by atoms with Gasteiger partial charge in [0, 0.05) is 47.6 Å². The third-order valence-corrected chi connectivity index (χ3v) is 12.0. The summed E-state index contributed by atoms with van der Waals surface area (Å²) in [5.41, 5.74) is 3.15. The number of rotatable bonds is 9. The number of nitrogens with zero attached hydrogens (tertiary/aromatic N) is 3. The number of furan rings is 1. The lowest BCUT2D eigenvalue weighted by atomic mass is 10.1. The van der Waals surface area contributed by atoms with E-state index in [0.29, 0.717) is 53.2 Å². The van der Waals surface area contributed by atoms with Gasteiger partial charge in [0.15, 0.2) is 5.76 Å². The average molecular weight is 725 g/mol. The van der Waals surface area contributed by atoms with Gasteiger partial charge in [-0.1, -0.05) is 42.5 Å². The Hall–Kier alpha value is -3.68. The Morgan fingerprint density at radius 2 is 1.80 bits per heavy atom. The first-order valence-electron chi connectivity index (χ1n) is 14.9. The van der Waals surface area contributed by atoms with Gasteiger partial charge in [0.25, 0.3) is 15.9 Å². The van der Waals surface area contributed by atoms with Crippen molar-refractivity contribution in [1.82, 2.24) is 4.90 Å². The van der Waals surface area contributed by atoms with Crippen molar-refractivity contribution in [2.45, 2.75) is 37.5 Å². The van der Waals surface area contributed by atoms with Crippen molar-refractivity contribution in [2.75, 3.05) is 35.4 Å². The van der Waals surface area contributed by atoms with Crippen LogP contribution < -0.4 is 9.21 Å². The molecular weight excluding hydrogens is 690 g/mol. The van der Waals surface area contributed by atoms with E-state index in [1.165, 1.54) is 27.8 Å². The number of hydrogen-bond acceptors (Lipinski definition) is 8. The number of aliphatic hydroxyl groups is 2. The number of aryl methyl sites for hydroxylation is 1. The molecule has 12 heteroatoms. The minimum absolute atomic E-state index is 0.0180. The van der Waals surface area contributed by atoms with Gasteiger partial charge in [0.05, 0.1) is 16.3 Å². The number of hydrogen-bond donors (Lipinski definition) is 2. The van der Waals surface area contributed by atoms with E-state index in [4.69, 9.17) is 4.42 Å². The fraction of sp³-hybridized carbons (Fsp3) is 0.265. The predicted molar refractivity (Wildman–Crippen MR) is 184 cm³/mol. The SMILES string of the molecule is Cc1c(C(O)O)oc2ccc(S(=O)(=O)N(CCc3ccccc3)c3ccccc3N3CCN(C(=O)c4sccc4Br)C[C@@H]3C)cc12. The fourth-order valence-electron chi connectivity index (χ4n) is 6.01. The molecular formula is C34H34BrN3O6S2. The van der Waals surface area contributed by atoms with Crippen molar-refractivity contribution < 1.29 is 27.8 Å². The Balaban J connectivity index is 1.37. The third kappa shape index (κ3) is 6.19. The number of thiophene rings is 1. The molecule has 5 aromatic rings. The smallest absolute Gasteiger partial charge is 0.265 e. The maximum atomic E-state index is 14.6. The van der Waals surface area contributed by atoms with Crippen LogP contribution in [0.15, 0.2) is 98.0 Å². The van der Waals surface area contributed by atoms with E-state index in [9.17, 15) is 23.4 Å². The zero-order chi connectivity index (χ0) is 32.6. The summed E-state index contributed by atoms with van der Waals surface area (Å²) in [5, 5.41) is 21.9. The minimum atomic E-state index is -4.11. The van der Waals surface area contributed by atoms with Gasteiger partial charge in [0.1, 0.15) is 10.5 Å². The lowest BCUT2D eigenvalue weighted by molar-refractivity contribution is -0.0576. The zero-order valence-electron chi connectivity index (χ0n) is 25.3. The van der Waals surface area contributed by atoms with Gasteiger partial charge in [-0.25, -0.2) is 8.42 Å². The Morgan fingerprint density at radius 1 is 1.07 bits per heavy atom. The highest BCUT2D eigenvalue weighted by atomic mass is 79.9. The average Bonchev–Trinajstić information content (AvgIpc) is 3.63. The van der Waals surface area contributed by atoms with E-state index >= 15 is 0 Å². The van der Waals surface area contributed by atoms with Crippen LogP contribution in [0.2, 0.25) is 0 Å². The number of para-hydroxylation sites is 2. The molecule has 6 rings (SSSR count). The van der Waals surface area contributed by atoms with Crippen LogP contribution in [0, 0.1) is 6.92 Å². The van der Waals surface area contributed by atoms with Crippen LogP contribution in [0.1, 0.15) is 39.8 Å². The molecule has 0 bridgehead atoms. The highest BCUT2D eigenvalue weighted by Gasteiger charge is 2.33. The Kier molecular flexibility index (Phi) is 9.26. The van der Waals surface area contributed by atoms with Crippen molar-refractivity contribution >= 4 is 65.5 Å². The van der Waals surface area contributed by atoms with Crippen molar-refractivity contribution in [2.24, 2.45) is 0 Å². The van der Waals surface area contributed by atoms with Crippen molar-refractivity contribution in [3.63, 3.8) is 0 Å². The normalized spacial score (nSPS) is 15.6. The van der Waals surface area contributed by atoms with E-state index in [1.54, 1.807) is 13.0 Å². The molecule has 1 amide bonds. The largest absolute Gasteiger partial charge is 0.455 e. The number of fused-ring (bicyclic) bond motifs is 1. The van der Waals surface area contributed by atoms with Crippen LogP contribution in [0.3, 0.4) is 0 Å². The summed E-state index contributed by atoms with van der Waals surface area (Å²) in [6.45, 7) is 5.42. The maximum absolute atomic E-state index is 14.6. The number of sulfonamides is 1. The van der Waals surface area contributed by atoms with Crippen LogP contribution >= 0.6 is 27.3 Å². The molecule has 1 aliphatic heterocycles. The fourth-order valence-corrected chi connectivity index (χ4v) is 9.02. The summed E-state index contributed by atoms with van der Waals surface area (Å²) in [5.74, 6) is -0.0376. The highest BCUT2D eigenvalue weighted by molar-refractivity contribution is 9.10. The first-order valence-corrected chi connectivity index (χ1v) is 18.0. The van der Waals surface area contributed by atoms with E-state index in [1.807, 2.05) is 77.9 Å². The van der Waals surface area contributed by atoms with Crippen LogP contribution in [0.25, 0.3) is 11.0 Å². The Morgan fingerprint density at radius 3 is 2.50 bits per heavy atom. The molecule has 1 saturated heterocycles.